The van der Waals surface area contributed by atoms with E-state index in [0.29, 0.717) is 6.04 Å². The molecule has 0 spiro atoms. The number of benzene rings is 1. The first-order valence-electron chi connectivity index (χ1n) is 7.52. The number of carbonyl (C=O) groups excluding carboxylic acids is 1. The van der Waals surface area contributed by atoms with Crippen LogP contribution in [0.5, 0.6) is 0 Å². The Hall–Kier alpha value is -1.15. The second-order valence-corrected chi connectivity index (χ2v) is 5.64. The maximum absolute atomic E-state index is 11.5. The van der Waals surface area contributed by atoms with Crippen LogP contribution in [0.4, 0.5) is 0 Å². The Balaban J connectivity index is 2.12. The monoisotopic (exact) mass is 259 g/mol. The summed E-state index contributed by atoms with van der Waals surface area (Å²) in [5, 5.41) is 0. The Bertz CT molecular complexity index is 447. The van der Waals surface area contributed by atoms with Gasteiger partial charge in [0.25, 0.3) is 0 Å². The number of rotatable bonds is 6. The maximum atomic E-state index is 11.5. The molecule has 0 saturated carbocycles. The first-order valence-corrected chi connectivity index (χ1v) is 7.52. The van der Waals surface area contributed by atoms with Gasteiger partial charge in [0, 0.05) is 11.6 Å². The minimum Gasteiger partial charge on any atom is -0.300 e. The summed E-state index contributed by atoms with van der Waals surface area (Å²) in [5.74, 6) is 0.172. The van der Waals surface area contributed by atoms with Gasteiger partial charge in [-0.25, -0.2) is 0 Å². The van der Waals surface area contributed by atoms with Crippen molar-refractivity contribution in [3.8, 4) is 0 Å². The summed E-state index contributed by atoms with van der Waals surface area (Å²) in [5.41, 5.74) is 3.68. The first-order chi connectivity index (χ1) is 9.15. The van der Waals surface area contributed by atoms with Crippen LogP contribution in [0, 0.1) is 0 Å². The smallest absolute Gasteiger partial charge is 0.159 e. The fourth-order valence-electron chi connectivity index (χ4n) is 3.12. The average molecular weight is 259 g/mol. The second kappa shape index (κ2) is 6.33. The Labute approximate surface area is 116 Å². The van der Waals surface area contributed by atoms with Gasteiger partial charge in [-0.1, -0.05) is 26.0 Å². The molecule has 1 aromatic rings. The van der Waals surface area contributed by atoms with Crippen molar-refractivity contribution < 1.29 is 4.79 Å². The fraction of sp³-hybridized carbons (Fsp3) is 0.588. The van der Waals surface area contributed by atoms with Crippen LogP contribution in [0.15, 0.2) is 18.2 Å². The van der Waals surface area contributed by atoms with Crippen LogP contribution in [0.1, 0.15) is 55.1 Å². The van der Waals surface area contributed by atoms with Gasteiger partial charge in [0.05, 0.1) is 0 Å². The normalized spacial score (nSPS) is 17.8. The summed E-state index contributed by atoms with van der Waals surface area (Å²) in [6.07, 6.45) is 4.68. The van der Waals surface area contributed by atoms with Crippen LogP contribution < -0.4 is 0 Å². The second-order valence-electron chi connectivity index (χ2n) is 5.64. The number of nitrogens with zero attached hydrogens (tertiary/aromatic N) is 1. The molecule has 1 atom stereocenters. The third-order valence-electron chi connectivity index (χ3n) is 4.06. The van der Waals surface area contributed by atoms with E-state index in [1.165, 1.54) is 37.1 Å². The van der Waals surface area contributed by atoms with Crippen LogP contribution >= 0.6 is 0 Å². The van der Waals surface area contributed by atoms with Crippen molar-refractivity contribution in [3.05, 3.63) is 34.9 Å². The Morgan fingerprint density at radius 3 is 2.37 bits per heavy atom. The zero-order valence-corrected chi connectivity index (χ0v) is 12.4. The highest BCUT2D eigenvalue weighted by atomic mass is 16.1. The largest absolute Gasteiger partial charge is 0.300 e. The van der Waals surface area contributed by atoms with E-state index in [-0.39, 0.29) is 5.78 Å². The number of fused-ring (bicyclic) bond motifs is 1. The summed E-state index contributed by atoms with van der Waals surface area (Å²) >= 11 is 0. The van der Waals surface area contributed by atoms with Gasteiger partial charge < -0.3 is 0 Å². The molecule has 1 aliphatic carbocycles. The Kier molecular flexibility index (Phi) is 4.76. The van der Waals surface area contributed by atoms with E-state index < -0.39 is 0 Å². The molecule has 2 heteroatoms. The van der Waals surface area contributed by atoms with Gasteiger partial charge in [-0.2, -0.15) is 0 Å². The van der Waals surface area contributed by atoms with E-state index in [4.69, 9.17) is 0 Å². The molecule has 0 bridgehead atoms. The third-order valence-corrected chi connectivity index (χ3v) is 4.06. The van der Waals surface area contributed by atoms with Gasteiger partial charge >= 0.3 is 0 Å². The van der Waals surface area contributed by atoms with Crippen molar-refractivity contribution in [2.75, 3.05) is 13.1 Å². The lowest BCUT2D eigenvalue weighted by Gasteiger charge is -2.27. The molecule has 1 unspecified atom stereocenters. The predicted molar refractivity (Wildman–Crippen MR) is 79.8 cm³/mol. The molecule has 0 aromatic heterocycles. The summed E-state index contributed by atoms with van der Waals surface area (Å²) in [4.78, 5) is 14.1. The molecule has 0 N–H and O–H groups in total. The average Bonchev–Trinajstić information content (AvgIpc) is 2.80. The summed E-state index contributed by atoms with van der Waals surface area (Å²) in [6, 6.07) is 6.88. The van der Waals surface area contributed by atoms with Crippen LogP contribution in [0.25, 0.3) is 0 Å². The molecule has 0 aliphatic heterocycles. The number of hydrogen-bond acceptors (Lipinski definition) is 2. The molecular weight excluding hydrogens is 234 g/mol. The van der Waals surface area contributed by atoms with Crippen molar-refractivity contribution >= 4 is 5.78 Å². The fourth-order valence-corrected chi connectivity index (χ4v) is 3.12. The van der Waals surface area contributed by atoms with Crippen LogP contribution in [-0.4, -0.2) is 29.8 Å². The highest BCUT2D eigenvalue weighted by Gasteiger charge is 2.26. The molecule has 19 heavy (non-hydrogen) atoms. The van der Waals surface area contributed by atoms with E-state index >= 15 is 0 Å². The Morgan fingerprint density at radius 1 is 1.16 bits per heavy atom. The molecule has 0 saturated heterocycles. The molecule has 1 aromatic carbocycles. The van der Waals surface area contributed by atoms with Gasteiger partial charge in [0.15, 0.2) is 5.78 Å². The SMILES string of the molecule is CCCN(CCC)C1Cc2ccc(C(C)=O)cc2C1. The van der Waals surface area contributed by atoms with Crippen molar-refractivity contribution in [1.82, 2.24) is 4.90 Å². The van der Waals surface area contributed by atoms with Gasteiger partial charge in [-0.15, -0.1) is 0 Å². The lowest BCUT2D eigenvalue weighted by molar-refractivity contribution is 0.101. The van der Waals surface area contributed by atoms with E-state index in [2.05, 4.69) is 30.9 Å². The number of hydrogen-bond donors (Lipinski definition) is 0. The van der Waals surface area contributed by atoms with Gasteiger partial charge in [-0.3, -0.25) is 9.69 Å². The molecule has 2 nitrogen and oxygen atoms in total. The number of Topliss-reactive ketones (excluding diaryl/α,β-unsaturated/α-hetero) is 1. The van der Waals surface area contributed by atoms with E-state index in [1.54, 1.807) is 6.92 Å². The zero-order chi connectivity index (χ0) is 13.8. The third kappa shape index (κ3) is 3.24. The van der Waals surface area contributed by atoms with Crippen molar-refractivity contribution in [1.29, 1.82) is 0 Å². The minimum atomic E-state index is 0.172. The quantitative estimate of drug-likeness (QED) is 0.729. The molecule has 1 aliphatic rings. The summed E-state index contributed by atoms with van der Waals surface area (Å²) < 4.78 is 0. The number of carbonyl (C=O) groups is 1. The van der Waals surface area contributed by atoms with Gasteiger partial charge in [0.1, 0.15) is 0 Å². The van der Waals surface area contributed by atoms with Crippen molar-refractivity contribution in [3.63, 3.8) is 0 Å². The minimum absolute atomic E-state index is 0.172. The Morgan fingerprint density at radius 2 is 1.79 bits per heavy atom. The van der Waals surface area contributed by atoms with Crippen molar-refractivity contribution in [2.45, 2.75) is 52.5 Å². The van der Waals surface area contributed by atoms with Crippen LogP contribution in [0.3, 0.4) is 0 Å². The van der Waals surface area contributed by atoms with E-state index in [0.717, 1.165) is 18.4 Å². The number of ketones is 1. The molecule has 0 radical (unpaired) electrons. The summed E-state index contributed by atoms with van der Waals surface area (Å²) in [6.45, 7) is 8.52. The first kappa shape index (κ1) is 14.3. The van der Waals surface area contributed by atoms with Gasteiger partial charge in [0.2, 0.25) is 0 Å². The maximum Gasteiger partial charge on any atom is 0.159 e. The lowest BCUT2D eigenvalue weighted by Crippen LogP contribution is -2.37. The lowest BCUT2D eigenvalue weighted by atomic mass is 10.0. The standard InChI is InChI=1S/C17H25NO/c1-4-8-18(9-5-2)17-11-15-7-6-14(13(3)19)10-16(15)12-17/h6-7,10,17H,4-5,8-9,11-12H2,1-3H3. The molecular formula is C17H25NO. The van der Waals surface area contributed by atoms with Gasteiger partial charge in [-0.05, 0) is 62.9 Å². The van der Waals surface area contributed by atoms with Crippen molar-refractivity contribution in [2.24, 2.45) is 0 Å². The van der Waals surface area contributed by atoms with Crippen LogP contribution in [0.2, 0.25) is 0 Å². The topological polar surface area (TPSA) is 20.3 Å². The molecule has 0 fully saturated rings. The molecule has 0 heterocycles. The summed E-state index contributed by atoms with van der Waals surface area (Å²) in [7, 11) is 0. The van der Waals surface area contributed by atoms with E-state index in [1.807, 2.05) is 6.07 Å². The molecule has 2 rings (SSSR count). The molecule has 104 valence electrons. The predicted octanol–water partition coefficient (Wildman–Crippen LogP) is 3.48. The zero-order valence-electron chi connectivity index (χ0n) is 12.4. The van der Waals surface area contributed by atoms with Crippen LogP contribution in [-0.2, 0) is 12.8 Å². The molecule has 0 amide bonds. The van der Waals surface area contributed by atoms with E-state index in [9.17, 15) is 4.79 Å². The highest BCUT2D eigenvalue weighted by Crippen LogP contribution is 2.27. The highest BCUT2D eigenvalue weighted by molar-refractivity contribution is 5.94.